The van der Waals surface area contributed by atoms with Crippen LogP contribution in [-0.4, -0.2) is 25.2 Å². The first kappa shape index (κ1) is 22.7. The van der Waals surface area contributed by atoms with Gasteiger partial charge in [-0.2, -0.15) is 0 Å². The zero-order valence-electron chi connectivity index (χ0n) is 16.1. The monoisotopic (exact) mass is 340 g/mol. The van der Waals surface area contributed by atoms with Gasteiger partial charge in [0, 0.05) is 0 Å². The van der Waals surface area contributed by atoms with Gasteiger partial charge in [-0.25, -0.2) is 0 Å². The molecule has 4 heteroatoms. The van der Waals surface area contributed by atoms with Crippen LogP contribution in [0.25, 0.3) is 0 Å². The van der Waals surface area contributed by atoms with Gasteiger partial charge in [-0.1, -0.05) is 78.9 Å². The third kappa shape index (κ3) is 7.98. The van der Waals surface area contributed by atoms with Crippen LogP contribution in [0.15, 0.2) is 12.7 Å². The molecule has 0 aliphatic heterocycles. The van der Waals surface area contributed by atoms with E-state index in [2.05, 4.69) is 20.4 Å². The van der Waals surface area contributed by atoms with Crippen molar-refractivity contribution in [1.82, 2.24) is 0 Å². The molecule has 0 aromatic rings. The molecule has 0 rings (SSSR count). The van der Waals surface area contributed by atoms with Crippen molar-refractivity contribution in [3.63, 3.8) is 0 Å². The maximum atomic E-state index is 12.8. The summed E-state index contributed by atoms with van der Waals surface area (Å²) in [4.78, 5) is 25.5. The van der Waals surface area contributed by atoms with E-state index in [9.17, 15) is 9.59 Å². The van der Waals surface area contributed by atoms with Gasteiger partial charge in [-0.3, -0.25) is 9.59 Å². The average Bonchev–Trinajstić information content (AvgIpc) is 2.56. The summed E-state index contributed by atoms with van der Waals surface area (Å²) in [5.41, 5.74) is -1.16. The first-order valence-electron chi connectivity index (χ1n) is 9.39. The number of hydrogen-bond donors (Lipinski definition) is 0. The van der Waals surface area contributed by atoms with E-state index in [1.807, 2.05) is 13.8 Å². The van der Waals surface area contributed by atoms with Crippen LogP contribution in [0.5, 0.6) is 0 Å². The summed E-state index contributed by atoms with van der Waals surface area (Å²) in [5, 5.41) is 0. The van der Waals surface area contributed by atoms with E-state index >= 15 is 0 Å². The lowest BCUT2D eigenvalue weighted by atomic mass is 9.77. The number of carbonyl (C=O) groups is 2. The molecule has 0 N–H and O–H groups in total. The molecule has 0 fully saturated rings. The number of carbonyl (C=O) groups excluding carboxylic acids is 2. The summed E-state index contributed by atoms with van der Waals surface area (Å²) in [6.07, 6.45) is 8.21. The molecule has 0 amide bonds. The van der Waals surface area contributed by atoms with Gasteiger partial charge >= 0.3 is 11.9 Å². The summed E-state index contributed by atoms with van der Waals surface area (Å²) in [6.45, 7) is 12.2. The highest BCUT2D eigenvalue weighted by Gasteiger charge is 2.47. The second-order valence-corrected chi connectivity index (χ2v) is 6.88. The molecule has 0 bridgehead atoms. The predicted octanol–water partition coefficient (Wildman–Crippen LogP) is 5.06. The Morgan fingerprint density at radius 3 is 1.88 bits per heavy atom. The van der Waals surface area contributed by atoms with Gasteiger partial charge in [0.25, 0.3) is 0 Å². The lowest BCUT2D eigenvalue weighted by Gasteiger charge is -2.29. The minimum Gasteiger partial charge on any atom is -0.465 e. The van der Waals surface area contributed by atoms with Crippen LogP contribution in [0.2, 0.25) is 0 Å². The third-order valence-corrected chi connectivity index (χ3v) is 4.08. The molecule has 0 saturated heterocycles. The van der Waals surface area contributed by atoms with Crippen LogP contribution in [0.3, 0.4) is 0 Å². The summed E-state index contributed by atoms with van der Waals surface area (Å²) < 4.78 is 10.8. The Bertz CT molecular complexity index is 364. The number of rotatable bonds is 14. The maximum Gasteiger partial charge on any atom is 0.323 e. The van der Waals surface area contributed by atoms with E-state index in [0.29, 0.717) is 19.4 Å². The quantitative estimate of drug-likeness (QED) is 0.192. The van der Waals surface area contributed by atoms with Crippen molar-refractivity contribution in [2.75, 3.05) is 13.2 Å². The van der Waals surface area contributed by atoms with Crippen LogP contribution in [0.4, 0.5) is 0 Å². The molecule has 0 aromatic carbocycles. The topological polar surface area (TPSA) is 52.6 Å². The fourth-order valence-electron chi connectivity index (χ4n) is 2.62. The van der Waals surface area contributed by atoms with Crippen molar-refractivity contribution < 1.29 is 19.1 Å². The fraction of sp³-hybridized carbons (Fsp3) is 0.800. The van der Waals surface area contributed by atoms with E-state index in [0.717, 1.165) is 38.5 Å². The van der Waals surface area contributed by atoms with Crippen molar-refractivity contribution in [1.29, 1.82) is 0 Å². The third-order valence-electron chi connectivity index (χ3n) is 4.08. The molecule has 140 valence electrons. The highest BCUT2D eigenvalue weighted by Crippen LogP contribution is 2.35. The van der Waals surface area contributed by atoms with Gasteiger partial charge in [-0.05, 0) is 18.8 Å². The van der Waals surface area contributed by atoms with Crippen LogP contribution >= 0.6 is 0 Å². The first-order chi connectivity index (χ1) is 11.4. The zero-order valence-corrected chi connectivity index (χ0v) is 16.1. The standard InChI is InChI=1S/C20H36O4/c1-6-9-11-13-20(14-12-10-7-2,18(21)23-15-8-3)19(22)24-16-17(4)5/h8,17H,3,6-7,9-16H2,1-2,4-5H3. The normalized spacial score (nSPS) is 11.4. The molecule has 0 heterocycles. The second kappa shape index (κ2) is 13.0. The van der Waals surface area contributed by atoms with Crippen molar-refractivity contribution in [2.24, 2.45) is 11.3 Å². The minimum atomic E-state index is -1.16. The van der Waals surface area contributed by atoms with Gasteiger partial charge in [0.2, 0.25) is 0 Å². The second-order valence-electron chi connectivity index (χ2n) is 6.88. The molecule has 0 radical (unpaired) electrons. The molecular weight excluding hydrogens is 304 g/mol. The maximum absolute atomic E-state index is 12.8. The summed E-state index contributed by atoms with van der Waals surface area (Å²) in [7, 11) is 0. The van der Waals surface area contributed by atoms with Crippen LogP contribution in [0.1, 0.15) is 79.1 Å². The fourth-order valence-corrected chi connectivity index (χ4v) is 2.62. The van der Waals surface area contributed by atoms with E-state index in [-0.39, 0.29) is 12.5 Å². The Hall–Kier alpha value is -1.32. The molecule has 0 saturated carbocycles. The molecule has 4 nitrogen and oxygen atoms in total. The van der Waals surface area contributed by atoms with E-state index in [4.69, 9.17) is 9.47 Å². The zero-order chi connectivity index (χ0) is 18.4. The van der Waals surface area contributed by atoms with Crippen molar-refractivity contribution in [2.45, 2.75) is 79.1 Å². The summed E-state index contributed by atoms with van der Waals surface area (Å²) in [5.74, 6) is -0.636. The number of esters is 2. The lowest BCUT2D eigenvalue weighted by molar-refractivity contribution is -0.174. The van der Waals surface area contributed by atoms with Gasteiger partial charge in [0.05, 0.1) is 6.61 Å². The smallest absolute Gasteiger partial charge is 0.323 e. The predicted molar refractivity (Wildman–Crippen MR) is 97.7 cm³/mol. The SMILES string of the molecule is C=CCOC(=O)C(CCCCC)(CCCCC)C(=O)OCC(C)C. The lowest BCUT2D eigenvalue weighted by Crippen LogP contribution is -2.42. The summed E-state index contributed by atoms with van der Waals surface area (Å²) >= 11 is 0. The Balaban J connectivity index is 5.31. The molecule has 0 aromatic heterocycles. The van der Waals surface area contributed by atoms with Crippen molar-refractivity contribution in [3.05, 3.63) is 12.7 Å². The Morgan fingerprint density at radius 1 is 0.958 bits per heavy atom. The number of unbranched alkanes of at least 4 members (excludes halogenated alkanes) is 4. The Kier molecular flexibility index (Phi) is 12.3. The van der Waals surface area contributed by atoms with Gasteiger partial charge < -0.3 is 9.47 Å². The van der Waals surface area contributed by atoms with Crippen molar-refractivity contribution >= 4 is 11.9 Å². The van der Waals surface area contributed by atoms with Gasteiger partial charge in [0.1, 0.15) is 6.61 Å². The molecular formula is C20H36O4. The van der Waals surface area contributed by atoms with E-state index < -0.39 is 17.4 Å². The Labute approximate surface area is 148 Å². The number of ether oxygens (including phenoxy) is 2. The van der Waals surface area contributed by atoms with Crippen LogP contribution in [-0.2, 0) is 19.1 Å². The number of hydrogen-bond acceptors (Lipinski definition) is 4. The summed E-state index contributed by atoms with van der Waals surface area (Å²) in [6, 6.07) is 0. The molecule has 0 unspecified atom stereocenters. The minimum absolute atomic E-state index is 0.125. The molecule has 0 spiro atoms. The highest BCUT2D eigenvalue weighted by atomic mass is 16.6. The van der Waals surface area contributed by atoms with Crippen LogP contribution in [0, 0.1) is 11.3 Å². The largest absolute Gasteiger partial charge is 0.465 e. The molecule has 0 aliphatic rings. The first-order valence-corrected chi connectivity index (χ1v) is 9.39. The highest BCUT2D eigenvalue weighted by molar-refractivity contribution is 6.00. The van der Waals surface area contributed by atoms with E-state index in [1.165, 1.54) is 6.08 Å². The van der Waals surface area contributed by atoms with Gasteiger partial charge in [0.15, 0.2) is 5.41 Å². The average molecular weight is 341 g/mol. The van der Waals surface area contributed by atoms with Crippen molar-refractivity contribution in [3.8, 4) is 0 Å². The Morgan fingerprint density at radius 2 is 1.46 bits per heavy atom. The van der Waals surface area contributed by atoms with Gasteiger partial charge in [-0.15, -0.1) is 0 Å². The van der Waals surface area contributed by atoms with E-state index in [1.54, 1.807) is 0 Å². The molecule has 24 heavy (non-hydrogen) atoms. The van der Waals surface area contributed by atoms with Crippen LogP contribution < -0.4 is 0 Å². The molecule has 0 aliphatic carbocycles. The molecule has 0 atom stereocenters.